The molecule has 1 N–H and O–H groups in total. The van der Waals surface area contributed by atoms with E-state index in [2.05, 4.69) is 26.5 Å². The minimum absolute atomic E-state index is 0.0469. The van der Waals surface area contributed by atoms with E-state index in [9.17, 15) is 4.79 Å². The van der Waals surface area contributed by atoms with Crippen LogP contribution < -0.4 is 5.32 Å². The number of amides is 2. The van der Waals surface area contributed by atoms with Crippen LogP contribution in [0.3, 0.4) is 0 Å². The van der Waals surface area contributed by atoms with Crippen molar-refractivity contribution >= 4 is 6.03 Å². The Morgan fingerprint density at radius 3 is 2.88 bits per heavy atom. The normalized spacial score (nSPS) is 24.1. The van der Waals surface area contributed by atoms with Gasteiger partial charge in [-0.2, -0.15) is 5.10 Å². The molecule has 2 fully saturated rings. The van der Waals surface area contributed by atoms with Crippen molar-refractivity contribution in [1.29, 1.82) is 0 Å². The summed E-state index contributed by atoms with van der Waals surface area (Å²) in [6, 6.07) is 4.57. The molecule has 0 unspecified atom stereocenters. The first-order valence-corrected chi connectivity index (χ1v) is 8.30. The maximum Gasteiger partial charge on any atom is 0.317 e. The number of carbonyl (C=O) groups is 1. The Hall–Kier alpha value is -2.41. The molecule has 4 rings (SSSR count). The highest BCUT2D eigenvalue weighted by atomic mass is 16.2. The van der Waals surface area contributed by atoms with Crippen LogP contribution in [0.4, 0.5) is 4.79 Å². The zero-order valence-corrected chi connectivity index (χ0v) is 14.0. The number of nitrogens with one attached hydrogen (secondary N) is 1. The molecule has 2 aliphatic rings. The maximum atomic E-state index is 11.8. The van der Waals surface area contributed by atoms with Crippen LogP contribution in [-0.4, -0.2) is 62.8 Å². The van der Waals surface area contributed by atoms with Crippen LogP contribution in [-0.2, 0) is 13.6 Å². The largest absolute Gasteiger partial charge is 0.332 e. The first kappa shape index (κ1) is 15.1. The van der Waals surface area contributed by atoms with Crippen molar-refractivity contribution in [3.63, 3.8) is 0 Å². The summed E-state index contributed by atoms with van der Waals surface area (Å²) in [6.45, 7) is 2.71. The van der Waals surface area contributed by atoms with Crippen LogP contribution in [0.1, 0.15) is 12.0 Å². The zero-order chi connectivity index (χ0) is 16.7. The first-order chi connectivity index (χ1) is 11.6. The predicted octanol–water partition coefficient (Wildman–Crippen LogP) is 1.08. The highest BCUT2D eigenvalue weighted by molar-refractivity contribution is 5.77. The fourth-order valence-corrected chi connectivity index (χ4v) is 3.81. The predicted molar refractivity (Wildman–Crippen MR) is 90.2 cm³/mol. The van der Waals surface area contributed by atoms with Crippen LogP contribution in [0.5, 0.6) is 0 Å². The number of nitrogens with zero attached hydrogens (tertiary/aromatic N) is 5. The number of urea groups is 1. The molecular formula is C17H22N6O. The molecule has 7 nitrogen and oxygen atoms in total. The lowest BCUT2D eigenvalue weighted by molar-refractivity contribution is 0.147. The van der Waals surface area contributed by atoms with E-state index in [1.54, 1.807) is 12.4 Å². The lowest BCUT2D eigenvalue weighted by Crippen LogP contribution is -2.50. The van der Waals surface area contributed by atoms with E-state index in [1.165, 1.54) is 5.56 Å². The molecule has 24 heavy (non-hydrogen) atoms. The van der Waals surface area contributed by atoms with Gasteiger partial charge in [0.15, 0.2) is 0 Å². The standard InChI is InChI=1S/C17H22N6O/c1-21-9-13(16(20-21)12-3-6-18-7-4-12)10-23-8-5-15-14(11-23)19-17(24)22(15)2/h3-4,6-7,9,14-15H,5,8,10-11H2,1-2H3,(H,19,24)/t14-,15+/m1/s1. The molecule has 126 valence electrons. The van der Waals surface area contributed by atoms with Gasteiger partial charge in [-0.3, -0.25) is 14.6 Å². The monoisotopic (exact) mass is 326 g/mol. The van der Waals surface area contributed by atoms with E-state index in [0.29, 0.717) is 6.04 Å². The van der Waals surface area contributed by atoms with Crippen molar-refractivity contribution in [1.82, 2.24) is 29.9 Å². The highest BCUT2D eigenvalue weighted by Gasteiger charge is 2.40. The van der Waals surface area contributed by atoms with Gasteiger partial charge in [0, 0.05) is 63.4 Å². The Bertz CT molecular complexity index is 743. The molecule has 2 aromatic heterocycles. The summed E-state index contributed by atoms with van der Waals surface area (Å²) in [5.74, 6) is 0. The molecule has 2 amide bonds. The van der Waals surface area contributed by atoms with Crippen molar-refractivity contribution in [2.24, 2.45) is 7.05 Å². The van der Waals surface area contributed by atoms with E-state index in [-0.39, 0.29) is 12.1 Å². The van der Waals surface area contributed by atoms with Crippen LogP contribution in [0, 0.1) is 0 Å². The van der Waals surface area contributed by atoms with Gasteiger partial charge >= 0.3 is 6.03 Å². The Balaban J connectivity index is 1.52. The van der Waals surface area contributed by atoms with Crippen LogP contribution in [0.15, 0.2) is 30.7 Å². The number of carbonyl (C=O) groups excluding carboxylic acids is 1. The number of likely N-dealkylation sites (tertiary alicyclic amines) is 1. The Kier molecular flexibility index (Phi) is 3.72. The zero-order valence-electron chi connectivity index (χ0n) is 14.0. The molecule has 4 heterocycles. The number of hydrogen-bond acceptors (Lipinski definition) is 4. The highest BCUT2D eigenvalue weighted by Crippen LogP contribution is 2.26. The van der Waals surface area contributed by atoms with Crippen LogP contribution in [0.25, 0.3) is 11.3 Å². The van der Waals surface area contributed by atoms with Gasteiger partial charge < -0.3 is 10.2 Å². The van der Waals surface area contributed by atoms with Gasteiger partial charge in [0.2, 0.25) is 0 Å². The number of aromatic nitrogens is 3. The summed E-state index contributed by atoms with van der Waals surface area (Å²) in [7, 11) is 3.84. The molecule has 2 aromatic rings. The Labute approximate surface area is 141 Å². The number of fused-ring (bicyclic) bond motifs is 1. The summed E-state index contributed by atoms with van der Waals surface area (Å²) >= 11 is 0. The second kappa shape index (κ2) is 5.90. The summed E-state index contributed by atoms with van der Waals surface area (Å²) in [5.41, 5.74) is 3.30. The average Bonchev–Trinajstić information content (AvgIpc) is 3.08. The molecular weight excluding hydrogens is 304 g/mol. The number of aryl methyl sites for hydroxylation is 1. The number of likely N-dealkylation sites (N-methyl/N-ethyl adjacent to an activating group) is 1. The van der Waals surface area contributed by atoms with Crippen molar-refractivity contribution in [3.05, 3.63) is 36.3 Å². The molecule has 2 atom stereocenters. The number of hydrogen-bond donors (Lipinski definition) is 1. The summed E-state index contributed by atoms with van der Waals surface area (Å²) in [5, 5.41) is 7.71. The summed E-state index contributed by atoms with van der Waals surface area (Å²) < 4.78 is 1.86. The minimum atomic E-state index is 0.0469. The van der Waals surface area contributed by atoms with Gasteiger partial charge in [0.1, 0.15) is 0 Å². The van der Waals surface area contributed by atoms with Gasteiger partial charge in [0.05, 0.1) is 17.8 Å². The summed E-state index contributed by atoms with van der Waals surface area (Å²) in [4.78, 5) is 20.2. The lowest BCUT2D eigenvalue weighted by Gasteiger charge is -2.35. The Morgan fingerprint density at radius 2 is 2.08 bits per heavy atom. The molecule has 0 aromatic carbocycles. The maximum absolute atomic E-state index is 11.8. The minimum Gasteiger partial charge on any atom is -0.332 e. The molecule has 0 bridgehead atoms. The fourth-order valence-electron chi connectivity index (χ4n) is 3.81. The van der Waals surface area contributed by atoms with Crippen LogP contribution >= 0.6 is 0 Å². The molecule has 2 aliphatic heterocycles. The average molecular weight is 326 g/mol. The SMILES string of the molecule is CN1C(=O)N[C@@H]2CN(Cc3cn(C)nc3-c3ccncc3)CC[C@@H]21. The van der Waals surface area contributed by atoms with Crippen LogP contribution in [0.2, 0.25) is 0 Å². The number of piperidine rings is 1. The molecule has 0 saturated carbocycles. The quantitative estimate of drug-likeness (QED) is 0.917. The summed E-state index contributed by atoms with van der Waals surface area (Å²) in [6.07, 6.45) is 6.68. The third-order valence-corrected chi connectivity index (χ3v) is 5.04. The van der Waals surface area contributed by atoms with Crippen molar-refractivity contribution in [2.75, 3.05) is 20.1 Å². The van der Waals surface area contributed by atoms with E-state index in [0.717, 1.165) is 37.3 Å². The van der Waals surface area contributed by atoms with Gasteiger partial charge in [-0.1, -0.05) is 0 Å². The molecule has 2 saturated heterocycles. The van der Waals surface area contributed by atoms with Crippen molar-refractivity contribution < 1.29 is 4.79 Å². The van der Waals surface area contributed by atoms with Gasteiger partial charge in [-0.25, -0.2) is 4.79 Å². The molecule has 0 radical (unpaired) electrons. The van der Waals surface area contributed by atoms with E-state index < -0.39 is 0 Å². The van der Waals surface area contributed by atoms with E-state index >= 15 is 0 Å². The second-order valence-electron chi connectivity index (χ2n) is 6.67. The van der Waals surface area contributed by atoms with Gasteiger partial charge in [-0.05, 0) is 18.6 Å². The molecule has 0 spiro atoms. The van der Waals surface area contributed by atoms with E-state index in [4.69, 9.17) is 0 Å². The third-order valence-electron chi connectivity index (χ3n) is 5.04. The smallest absolute Gasteiger partial charge is 0.317 e. The fraction of sp³-hybridized carbons (Fsp3) is 0.471. The van der Waals surface area contributed by atoms with Gasteiger partial charge in [0.25, 0.3) is 0 Å². The first-order valence-electron chi connectivity index (χ1n) is 8.30. The van der Waals surface area contributed by atoms with E-state index in [1.807, 2.05) is 35.8 Å². The Morgan fingerprint density at radius 1 is 1.29 bits per heavy atom. The van der Waals surface area contributed by atoms with Gasteiger partial charge in [-0.15, -0.1) is 0 Å². The number of pyridine rings is 1. The topological polar surface area (TPSA) is 66.3 Å². The number of rotatable bonds is 3. The molecule has 7 heteroatoms. The van der Waals surface area contributed by atoms with Crippen molar-refractivity contribution in [2.45, 2.75) is 25.0 Å². The molecule has 0 aliphatic carbocycles. The lowest BCUT2D eigenvalue weighted by atomic mass is 9.99. The van der Waals surface area contributed by atoms with Crippen molar-refractivity contribution in [3.8, 4) is 11.3 Å². The second-order valence-corrected chi connectivity index (χ2v) is 6.67. The third kappa shape index (κ3) is 2.65.